The van der Waals surface area contributed by atoms with Gasteiger partial charge in [0.2, 0.25) is 0 Å². The fraction of sp³-hybridized carbons (Fsp3) is 0.846. The summed E-state index contributed by atoms with van der Waals surface area (Å²) < 4.78 is 5.92. The molecule has 1 aliphatic heterocycles. The molecule has 0 saturated heterocycles. The molecule has 0 aromatic carbocycles. The summed E-state index contributed by atoms with van der Waals surface area (Å²) in [6.45, 7) is 8.37. The van der Waals surface area contributed by atoms with E-state index in [2.05, 4.69) is 24.5 Å². The summed E-state index contributed by atoms with van der Waals surface area (Å²) >= 11 is 0. The van der Waals surface area contributed by atoms with E-state index >= 15 is 0 Å². The maximum atomic E-state index is 5.92. The minimum absolute atomic E-state index is 0.465. The highest BCUT2D eigenvalue weighted by Gasteiger charge is 2.23. The van der Waals surface area contributed by atoms with Crippen LogP contribution in [0.4, 0.5) is 0 Å². The van der Waals surface area contributed by atoms with Crippen LogP contribution in [0.1, 0.15) is 33.1 Å². The number of ether oxygens (including phenoxy) is 1. The topological polar surface area (TPSA) is 33.3 Å². The summed E-state index contributed by atoms with van der Waals surface area (Å²) in [6.07, 6.45) is 4.07. The van der Waals surface area contributed by atoms with Crippen molar-refractivity contribution in [3.63, 3.8) is 0 Å². The Labute approximate surface area is 98.6 Å². The van der Waals surface area contributed by atoms with Crippen LogP contribution in [-0.4, -0.2) is 38.4 Å². The summed E-state index contributed by atoms with van der Waals surface area (Å²) in [5.41, 5.74) is 3.27. The van der Waals surface area contributed by atoms with E-state index in [1.807, 2.05) is 0 Å². The molecular formula is C13H24N2O. The average Bonchev–Trinajstić information content (AvgIpc) is 2.71. The fourth-order valence-corrected chi connectivity index (χ4v) is 2.52. The molecule has 0 spiro atoms. The third kappa shape index (κ3) is 3.30. The summed E-state index contributed by atoms with van der Waals surface area (Å²) in [7, 11) is 0. The maximum absolute atomic E-state index is 5.92. The highest BCUT2D eigenvalue weighted by atomic mass is 16.5. The van der Waals surface area contributed by atoms with Crippen molar-refractivity contribution in [3.8, 4) is 0 Å². The molecule has 0 bridgehead atoms. The van der Waals surface area contributed by atoms with Gasteiger partial charge in [0.15, 0.2) is 0 Å². The van der Waals surface area contributed by atoms with E-state index < -0.39 is 0 Å². The van der Waals surface area contributed by atoms with Gasteiger partial charge in [-0.1, -0.05) is 25.0 Å². The third-order valence-electron chi connectivity index (χ3n) is 3.43. The van der Waals surface area contributed by atoms with E-state index in [1.54, 1.807) is 11.1 Å². The zero-order valence-corrected chi connectivity index (χ0v) is 10.5. The van der Waals surface area contributed by atoms with Crippen molar-refractivity contribution in [3.05, 3.63) is 11.1 Å². The van der Waals surface area contributed by atoms with Gasteiger partial charge in [0, 0.05) is 25.7 Å². The molecule has 0 radical (unpaired) electrons. The van der Waals surface area contributed by atoms with Gasteiger partial charge in [-0.3, -0.25) is 0 Å². The highest BCUT2D eigenvalue weighted by molar-refractivity contribution is 5.25. The van der Waals surface area contributed by atoms with E-state index in [4.69, 9.17) is 4.74 Å². The molecule has 3 heteroatoms. The molecule has 1 heterocycles. The van der Waals surface area contributed by atoms with Crippen LogP contribution in [0.3, 0.4) is 0 Å². The van der Waals surface area contributed by atoms with Gasteiger partial charge in [-0.15, -0.1) is 0 Å². The van der Waals surface area contributed by atoms with Gasteiger partial charge in [0.25, 0.3) is 0 Å². The number of nitrogens with one attached hydrogen (secondary N) is 2. The summed E-state index contributed by atoms with van der Waals surface area (Å²) in [4.78, 5) is 0. The smallest absolute Gasteiger partial charge is 0.0616 e. The van der Waals surface area contributed by atoms with E-state index in [0.717, 1.165) is 32.7 Å². The molecule has 3 nitrogen and oxygen atoms in total. The molecule has 1 atom stereocenters. The molecule has 2 rings (SSSR count). The van der Waals surface area contributed by atoms with Crippen molar-refractivity contribution in [2.24, 2.45) is 0 Å². The molecule has 0 saturated carbocycles. The molecule has 2 aliphatic rings. The Morgan fingerprint density at radius 3 is 3.00 bits per heavy atom. The largest absolute Gasteiger partial charge is 0.377 e. The van der Waals surface area contributed by atoms with Gasteiger partial charge >= 0.3 is 0 Å². The van der Waals surface area contributed by atoms with Gasteiger partial charge in [0.1, 0.15) is 0 Å². The van der Waals surface area contributed by atoms with Crippen LogP contribution >= 0.6 is 0 Å². The molecule has 0 amide bonds. The minimum Gasteiger partial charge on any atom is -0.377 e. The molecule has 2 N–H and O–H groups in total. The Balaban J connectivity index is 1.65. The van der Waals surface area contributed by atoms with Crippen LogP contribution < -0.4 is 10.6 Å². The van der Waals surface area contributed by atoms with Gasteiger partial charge in [0.05, 0.1) is 12.7 Å². The second kappa shape index (κ2) is 5.80. The second-order valence-corrected chi connectivity index (χ2v) is 5.16. The number of hydrogen-bond donors (Lipinski definition) is 2. The first kappa shape index (κ1) is 12.1. The first-order valence-corrected chi connectivity index (χ1v) is 6.51. The Kier molecular flexibility index (Phi) is 4.38. The Morgan fingerprint density at radius 2 is 2.19 bits per heavy atom. The lowest BCUT2D eigenvalue weighted by Gasteiger charge is -2.24. The first-order chi connectivity index (χ1) is 7.75. The van der Waals surface area contributed by atoms with E-state index in [9.17, 15) is 0 Å². The van der Waals surface area contributed by atoms with Crippen molar-refractivity contribution in [2.45, 2.75) is 45.3 Å². The first-order valence-electron chi connectivity index (χ1n) is 6.51. The molecule has 16 heavy (non-hydrogen) atoms. The highest BCUT2D eigenvalue weighted by Crippen LogP contribution is 2.28. The normalized spacial score (nSPS) is 25.3. The lowest BCUT2D eigenvalue weighted by Crippen LogP contribution is -2.29. The summed E-state index contributed by atoms with van der Waals surface area (Å²) in [5.74, 6) is 0. The summed E-state index contributed by atoms with van der Waals surface area (Å²) in [6, 6.07) is 0.559. The van der Waals surface area contributed by atoms with E-state index in [1.165, 1.54) is 12.8 Å². The van der Waals surface area contributed by atoms with Crippen molar-refractivity contribution in [2.75, 3.05) is 26.2 Å². The quantitative estimate of drug-likeness (QED) is 0.548. The van der Waals surface area contributed by atoms with E-state index in [0.29, 0.717) is 12.1 Å². The zero-order chi connectivity index (χ0) is 11.4. The van der Waals surface area contributed by atoms with Gasteiger partial charge in [-0.25, -0.2) is 0 Å². The Morgan fingerprint density at radius 1 is 1.38 bits per heavy atom. The minimum atomic E-state index is 0.465. The van der Waals surface area contributed by atoms with Crippen molar-refractivity contribution < 1.29 is 4.74 Å². The predicted molar refractivity (Wildman–Crippen MR) is 66.6 cm³/mol. The van der Waals surface area contributed by atoms with Crippen LogP contribution in [0.25, 0.3) is 0 Å². The molecule has 1 aliphatic carbocycles. The van der Waals surface area contributed by atoms with Crippen LogP contribution in [0.5, 0.6) is 0 Å². The Bertz CT molecular complexity index is 261. The van der Waals surface area contributed by atoms with Crippen molar-refractivity contribution in [1.29, 1.82) is 0 Å². The molecule has 0 aromatic rings. The number of hydrogen-bond acceptors (Lipinski definition) is 3. The van der Waals surface area contributed by atoms with Crippen LogP contribution in [-0.2, 0) is 4.74 Å². The van der Waals surface area contributed by atoms with Crippen LogP contribution in [0, 0.1) is 0 Å². The standard InChI is InChI=1S/C13H24N2O/c1-10(2)15-5-6-16-13-4-3-11-8-14-9-12(11)7-13/h10,13-15H,3-9H2,1-2H3. The van der Waals surface area contributed by atoms with Crippen molar-refractivity contribution in [1.82, 2.24) is 10.6 Å². The molecule has 0 fully saturated rings. The van der Waals surface area contributed by atoms with E-state index in [-0.39, 0.29) is 0 Å². The maximum Gasteiger partial charge on any atom is 0.0616 e. The zero-order valence-electron chi connectivity index (χ0n) is 10.5. The molecule has 92 valence electrons. The molecule has 0 aromatic heterocycles. The second-order valence-electron chi connectivity index (χ2n) is 5.16. The van der Waals surface area contributed by atoms with Gasteiger partial charge in [-0.05, 0) is 19.3 Å². The lowest BCUT2D eigenvalue weighted by molar-refractivity contribution is 0.0458. The monoisotopic (exact) mass is 224 g/mol. The number of rotatable bonds is 5. The molecule has 1 unspecified atom stereocenters. The van der Waals surface area contributed by atoms with Crippen LogP contribution in [0.15, 0.2) is 11.1 Å². The predicted octanol–water partition coefficient (Wildman–Crippen LogP) is 1.45. The van der Waals surface area contributed by atoms with Crippen LogP contribution in [0.2, 0.25) is 0 Å². The SMILES string of the molecule is CC(C)NCCOC1CCC2=C(CNC2)C1. The van der Waals surface area contributed by atoms with Gasteiger partial charge in [-0.2, -0.15) is 0 Å². The molecular weight excluding hydrogens is 200 g/mol. The van der Waals surface area contributed by atoms with Gasteiger partial charge < -0.3 is 15.4 Å². The third-order valence-corrected chi connectivity index (χ3v) is 3.43. The van der Waals surface area contributed by atoms with Crippen molar-refractivity contribution >= 4 is 0 Å². The fourth-order valence-electron chi connectivity index (χ4n) is 2.52. The summed E-state index contributed by atoms with van der Waals surface area (Å²) in [5, 5.41) is 6.81. The lowest BCUT2D eigenvalue weighted by atomic mass is 9.92. The Hall–Kier alpha value is -0.380. The average molecular weight is 224 g/mol.